The van der Waals surface area contributed by atoms with E-state index in [1.807, 2.05) is 5.38 Å². The quantitative estimate of drug-likeness (QED) is 0.731. The fraction of sp³-hybridized carbons (Fsp3) is 0.818. The molecule has 0 saturated heterocycles. The Hall–Kier alpha value is -0.520. The SMILES string of the molecule is CCC(CC)(CCO)CNCc1csnn1. The van der Waals surface area contributed by atoms with Gasteiger partial charge in [0.2, 0.25) is 0 Å². The van der Waals surface area contributed by atoms with Crippen LogP contribution in [0.15, 0.2) is 5.38 Å². The Balaban J connectivity index is 2.37. The maximum Gasteiger partial charge on any atom is 0.0893 e. The number of aliphatic hydroxyl groups is 1. The maximum absolute atomic E-state index is 9.10. The van der Waals surface area contributed by atoms with Gasteiger partial charge in [-0.05, 0) is 36.2 Å². The third-order valence-electron chi connectivity index (χ3n) is 3.35. The summed E-state index contributed by atoms with van der Waals surface area (Å²) in [6.45, 7) is 6.33. The van der Waals surface area contributed by atoms with Crippen LogP contribution in [-0.4, -0.2) is 27.8 Å². The summed E-state index contributed by atoms with van der Waals surface area (Å²) in [5.74, 6) is 0. The summed E-state index contributed by atoms with van der Waals surface area (Å²) in [6, 6.07) is 0. The van der Waals surface area contributed by atoms with Crippen molar-refractivity contribution in [1.29, 1.82) is 0 Å². The number of nitrogens with zero attached hydrogens (tertiary/aromatic N) is 2. The zero-order chi connectivity index (χ0) is 11.9. The van der Waals surface area contributed by atoms with Crippen molar-refractivity contribution in [2.24, 2.45) is 5.41 Å². The molecule has 0 bridgehead atoms. The fourth-order valence-corrected chi connectivity index (χ4v) is 2.35. The minimum atomic E-state index is 0.220. The third-order valence-corrected chi connectivity index (χ3v) is 3.91. The van der Waals surface area contributed by atoms with E-state index in [-0.39, 0.29) is 12.0 Å². The Labute approximate surface area is 101 Å². The molecule has 1 heterocycles. The number of hydrogen-bond donors (Lipinski definition) is 2. The van der Waals surface area contributed by atoms with Gasteiger partial charge in [-0.3, -0.25) is 0 Å². The fourth-order valence-electron chi connectivity index (χ4n) is 1.90. The van der Waals surface area contributed by atoms with Crippen LogP contribution in [-0.2, 0) is 6.54 Å². The Kier molecular flexibility index (Phi) is 5.87. The molecular formula is C11H21N3OS. The van der Waals surface area contributed by atoms with E-state index in [1.165, 1.54) is 11.5 Å². The molecule has 0 atom stereocenters. The van der Waals surface area contributed by atoms with E-state index in [4.69, 9.17) is 5.11 Å². The van der Waals surface area contributed by atoms with E-state index < -0.39 is 0 Å². The Morgan fingerprint density at radius 3 is 2.69 bits per heavy atom. The lowest BCUT2D eigenvalue weighted by Crippen LogP contribution is -2.34. The van der Waals surface area contributed by atoms with Crippen molar-refractivity contribution in [2.45, 2.75) is 39.7 Å². The summed E-state index contributed by atoms with van der Waals surface area (Å²) >= 11 is 1.38. The molecule has 92 valence electrons. The second-order valence-corrected chi connectivity index (χ2v) is 4.79. The molecule has 0 saturated carbocycles. The average Bonchev–Trinajstić information content (AvgIpc) is 2.81. The molecule has 2 N–H and O–H groups in total. The van der Waals surface area contributed by atoms with Crippen molar-refractivity contribution >= 4 is 11.5 Å². The van der Waals surface area contributed by atoms with Gasteiger partial charge in [0.15, 0.2) is 0 Å². The van der Waals surface area contributed by atoms with Crippen LogP contribution in [0.25, 0.3) is 0 Å². The summed E-state index contributed by atoms with van der Waals surface area (Å²) in [5.41, 5.74) is 1.22. The second-order valence-electron chi connectivity index (χ2n) is 4.18. The topological polar surface area (TPSA) is 58.0 Å². The highest BCUT2D eigenvalue weighted by Crippen LogP contribution is 2.29. The van der Waals surface area contributed by atoms with Crippen LogP contribution in [0.5, 0.6) is 0 Å². The first-order chi connectivity index (χ1) is 7.76. The molecule has 0 spiro atoms. The van der Waals surface area contributed by atoms with Crippen LogP contribution >= 0.6 is 11.5 Å². The van der Waals surface area contributed by atoms with E-state index in [0.717, 1.165) is 38.0 Å². The smallest absolute Gasteiger partial charge is 0.0893 e. The van der Waals surface area contributed by atoms with Crippen LogP contribution in [0.1, 0.15) is 38.8 Å². The molecule has 0 radical (unpaired) electrons. The van der Waals surface area contributed by atoms with Crippen LogP contribution in [0.2, 0.25) is 0 Å². The molecule has 5 heteroatoms. The van der Waals surface area contributed by atoms with Crippen LogP contribution in [0, 0.1) is 5.41 Å². The third kappa shape index (κ3) is 3.81. The predicted octanol–water partition coefficient (Wildman–Crippen LogP) is 1.82. The molecule has 1 aromatic rings. The van der Waals surface area contributed by atoms with E-state index in [0.29, 0.717) is 0 Å². The van der Waals surface area contributed by atoms with Gasteiger partial charge < -0.3 is 10.4 Å². The molecule has 4 nitrogen and oxygen atoms in total. The van der Waals surface area contributed by atoms with Crippen molar-refractivity contribution in [3.8, 4) is 0 Å². The zero-order valence-corrected chi connectivity index (χ0v) is 10.9. The highest BCUT2D eigenvalue weighted by molar-refractivity contribution is 7.03. The summed E-state index contributed by atoms with van der Waals surface area (Å²) in [4.78, 5) is 0. The van der Waals surface area contributed by atoms with Crippen molar-refractivity contribution in [2.75, 3.05) is 13.2 Å². The summed E-state index contributed by atoms with van der Waals surface area (Å²) < 4.78 is 3.83. The molecule has 0 aromatic carbocycles. The molecule has 1 rings (SSSR count). The van der Waals surface area contributed by atoms with Gasteiger partial charge >= 0.3 is 0 Å². The zero-order valence-electron chi connectivity index (χ0n) is 10.1. The molecule has 1 aromatic heterocycles. The first kappa shape index (κ1) is 13.5. The lowest BCUT2D eigenvalue weighted by Gasteiger charge is -2.31. The largest absolute Gasteiger partial charge is 0.396 e. The number of nitrogens with one attached hydrogen (secondary N) is 1. The van der Waals surface area contributed by atoms with Gasteiger partial charge in [0, 0.05) is 25.1 Å². The molecule has 0 unspecified atom stereocenters. The van der Waals surface area contributed by atoms with E-state index in [9.17, 15) is 0 Å². The van der Waals surface area contributed by atoms with E-state index in [1.54, 1.807) is 0 Å². The number of aromatic nitrogens is 2. The number of aliphatic hydroxyl groups excluding tert-OH is 1. The Bertz CT molecular complexity index is 273. The standard InChI is InChI=1S/C11H21N3OS/c1-3-11(4-2,5-6-15)9-12-7-10-8-16-14-13-10/h8,12,15H,3-7,9H2,1-2H3. The first-order valence-electron chi connectivity index (χ1n) is 5.84. The first-order valence-corrected chi connectivity index (χ1v) is 6.67. The highest BCUT2D eigenvalue weighted by Gasteiger charge is 2.24. The van der Waals surface area contributed by atoms with Gasteiger partial charge in [0.25, 0.3) is 0 Å². The van der Waals surface area contributed by atoms with Crippen LogP contribution in [0.3, 0.4) is 0 Å². The van der Waals surface area contributed by atoms with Gasteiger partial charge in [-0.15, -0.1) is 5.10 Å². The molecule has 16 heavy (non-hydrogen) atoms. The monoisotopic (exact) mass is 243 g/mol. The molecular weight excluding hydrogens is 222 g/mol. The summed E-state index contributed by atoms with van der Waals surface area (Å²) in [7, 11) is 0. The summed E-state index contributed by atoms with van der Waals surface area (Å²) in [5, 5.41) is 18.5. The predicted molar refractivity (Wildman–Crippen MR) is 66.3 cm³/mol. The minimum absolute atomic E-state index is 0.220. The number of rotatable bonds is 8. The van der Waals surface area contributed by atoms with Gasteiger partial charge in [-0.2, -0.15) is 0 Å². The molecule has 0 aliphatic carbocycles. The van der Waals surface area contributed by atoms with Crippen molar-refractivity contribution in [3.05, 3.63) is 11.1 Å². The van der Waals surface area contributed by atoms with Crippen molar-refractivity contribution in [1.82, 2.24) is 14.9 Å². The lowest BCUT2D eigenvalue weighted by atomic mass is 9.79. The number of hydrogen-bond acceptors (Lipinski definition) is 5. The van der Waals surface area contributed by atoms with Crippen LogP contribution < -0.4 is 5.32 Å². The average molecular weight is 243 g/mol. The van der Waals surface area contributed by atoms with Crippen molar-refractivity contribution in [3.63, 3.8) is 0 Å². The minimum Gasteiger partial charge on any atom is -0.396 e. The summed E-state index contributed by atoms with van der Waals surface area (Å²) in [6.07, 6.45) is 3.04. The van der Waals surface area contributed by atoms with Crippen LogP contribution in [0.4, 0.5) is 0 Å². The Morgan fingerprint density at radius 1 is 1.44 bits per heavy atom. The lowest BCUT2D eigenvalue weighted by molar-refractivity contribution is 0.163. The van der Waals surface area contributed by atoms with Gasteiger partial charge in [0.1, 0.15) is 0 Å². The van der Waals surface area contributed by atoms with Gasteiger partial charge in [0.05, 0.1) is 5.69 Å². The van der Waals surface area contributed by atoms with E-state index in [2.05, 4.69) is 28.8 Å². The Morgan fingerprint density at radius 2 is 2.19 bits per heavy atom. The van der Waals surface area contributed by atoms with E-state index >= 15 is 0 Å². The maximum atomic E-state index is 9.10. The molecule has 0 fully saturated rings. The van der Waals surface area contributed by atoms with Gasteiger partial charge in [-0.25, -0.2) is 0 Å². The normalized spacial score (nSPS) is 11.9. The highest BCUT2D eigenvalue weighted by atomic mass is 32.1. The molecule has 0 aliphatic rings. The molecule has 0 amide bonds. The molecule has 0 aliphatic heterocycles. The van der Waals surface area contributed by atoms with Gasteiger partial charge in [-0.1, -0.05) is 18.3 Å². The van der Waals surface area contributed by atoms with Crippen molar-refractivity contribution < 1.29 is 5.11 Å². The second kappa shape index (κ2) is 6.93.